The van der Waals surface area contributed by atoms with E-state index >= 15 is 0 Å². The minimum absolute atomic E-state index is 0.0149. The van der Waals surface area contributed by atoms with Crippen LogP contribution in [0.15, 0.2) is 10.5 Å². The van der Waals surface area contributed by atoms with Gasteiger partial charge in [0.1, 0.15) is 23.9 Å². The monoisotopic (exact) mass is 646 g/mol. The molecule has 0 saturated carbocycles. The summed E-state index contributed by atoms with van der Waals surface area (Å²) in [5.74, 6) is 0.182. The maximum atomic E-state index is 14.3. The Morgan fingerprint density at radius 3 is 2.54 bits per heavy atom. The Hall–Kier alpha value is -2.48. The summed E-state index contributed by atoms with van der Waals surface area (Å²) in [4.78, 5) is 31.4. The summed E-state index contributed by atoms with van der Waals surface area (Å²) in [5, 5.41) is 0. The van der Waals surface area contributed by atoms with Crippen LogP contribution < -0.4 is 9.64 Å². The standard InChI is InChI=1S/C27H35BrF4N6O3/c1-15-12-38(24(39)41-25(3,4)5)16(2)11-37(15)22-20-19(9-18(28)21(34-20)27(30,31)32)33-23(35-22)40-14-26-7-6-8-36(26)13-17(29)10-26/h9,15-17H,6-8,10-14H2,1-5H3/t15-,16+,17+,26-/m0/s1. The number of ether oxygens (including phenoxy) is 2. The maximum absolute atomic E-state index is 14.3. The van der Waals surface area contributed by atoms with Crippen molar-refractivity contribution in [3.05, 3.63) is 16.2 Å². The molecule has 5 heterocycles. The van der Waals surface area contributed by atoms with E-state index in [4.69, 9.17) is 9.47 Å². The van der Waals surface area contributed by atoms with Gasteiger partial charge in [0.2, 0.25) is 0 Å². The number of piperazine rings is 1. The second-order valence-electron chi connectivity index (χ2n) is 12.4. The topological polar surface area (TPSA) is 83.9 Å². The number of nitrogens with zero attached hydrogens (tertiary/aromatic N) is 6. The Kier molecular flexibility index (Phi) is 7.80. The Labute approximate surface area is 244 Å². The number of aromatic nitrogens is 3. The van der Waals surface area contributed by atoms with Crippen molar-refractivity contribution in [1.29, 1.82) is 0 Å². The first-order valence-corrected chi connectivity index (χ1v) is 14.6. The Bertz CT molecular complexity index is 1320. The van der Waals surface area contributed by atoms with Gasteiger partial charge in [0.05, 0.1) is 15.5 Å². The molecule has 14 heteroatoms. The Balaban J connectivity index is 1.50. The molecule has 3 aliphatic heterocycles. The van der Waals surface area contributed by atoms with Crippen LogP contribution in [-0.4, -0.2) is 93.0 Å². The summed E-state index contributed by atoms with van der Waals surface area (Å²) in [6.07, 6.45) is -4.01. The second kappa shape index (κ2) is 10.7. The van der Waals surface area contributed by atoms with Crippen LogP contribution in [0.25, 0.3) is 11.0 Å². The van der Waals surface area contributed by atoms with Crippen molar-refractivity contribution in [3.63, 3.8) is 0 Å². The smallest absolute Gasteiger partial charge is 0.434 e. The van der Waals surface area contributed by atoms with Gasteiger partial charge in [-0.05, 0) is 76.0 Å². The predicted octanol–water partition coefficient (Wildman–Crippen LogP) is 5.60. The molecule has 1 amide bonds. The van der Waals surface area contributed by atoms with Crippen LogP contribution in [0.5, 0.6) is 6.01 Å². The fourth-order valence-electron chi connectivity index (χ4n) is 6.11. The Morgan fingerprint density at radius 2 is 1.85 bits per heavy atom. The SMILES string of the molecule is C[C@@H]1CN(c2nc(OC[C@@]34CCCN3C[C@H](F)C4)nc3cc(Br)c(C(F)(F)F)nc23)[C@@H](C)CN1C(=O)OC(C)(C)C. The molecule has 5 rings (SSSR count). The fraction of sp³-hybridized carbons (Fsp3) is 0.704. The van der Waals surface area contributed by atoms with Gasteiger partial charge < -0.3 is 19.3 Å². The number of rotatable bonds is 4. The zero-order valence-electron chi connectivity index (χ0n) is 23.8. The van der Waals surface area contributed by atoms with Gasteiger partial charge in [0.25, 0.3) is 0 Å². The lowest BCUT2D eigenvalue weighted by atomic mass is 9.95. The molecular weight excluding hydrogens is 612 g/mol. The zero-order chi connectivity index (χ0) is 29.9. The van der Waals surface area contributed by atoms with Crippen molar-refractivity contribution in [2.75, 3.05) is 37.7 Å². The normalized spacial score (nSPS) is 27.4. The van der Waals surface area contributed by atoms with Crippen molar-refractivity contribution in [3.8, 4) is 6.01 Å². The number of hydrogen-bond donors (Lipinski definition) is 0. The number of fused-ring (bicyclic) bond motifs is 2. The summed E-state index contributed by atoms with van der Waals surface area (Å²) in [6, 6.07) is 0.579. The lowest BCUT2D eigenvalue weighted by molar-refractivity contribution is -0.141. The second-order valence-corrected chi connectivity index (χ2v) is 13.2. The van der Waals surface area contributed by atoms with Gasteiger partial charge in [0.15, 0.2) is 11.5 Å². The van der Waals surface area contributed by atoms with E-state index in [2.05, 4.69) is 35.8 Å². The van der Waals surface area contributed by atoms with E-state index in [1.807, 2.05) is 18.7 Å². The minimum Gasteiger partial charge on any atom is -0.461 e. The van der Waals surface area contributed by atoms with Crippen LogP contribution in [0, 0.1) is 0 Å². The molecule has 3 aliphatic rings. The van der Waals surface area contributed by atoms with Gasteiger partial charge in [-0.1, -0.05) is 0 Å². The molecule has 4 atom stereocenters. The highest BCUT2D eigenvalue weighted by molar-refractivity contribution is 9.10. The van der Waals surface area contributed by atoms with Crippen molar-refractivity contribution >= 4 is 38.9 Å². The molecule has 2 aromatic heterocycles. The number of pyridine rings is 1. The molecule has 0 N–H and O–H groups in total. The van der Waals surface area contributed by atoms with Crippen LogP contribution in [0.2, 0.25) is 0 Å². The van der Waals surface area contributed by atoms with Gasteiger partial charge in [-0.25, -0.2) is 14.2 Å². The zero-order valence-corrected chi connectivity index (χ0v) is 25.4. The maximum Gasteiger partial charge on any atom is 0.434 e. The van der Waals surface area contributed by atoms with Gasteiger partial charge in [0, 0.05) is 38.1 Å². The molecule has 3 saturated heterocycles. The number of amides is 1. The molecule has 3 fully saturated rings. The lowest BCUT2D eigenvalue weighted by Crippen LogP contribution is -2.59. The third kappa shape index (κ3) is 6.04. The highest BCUT2D eigenvalue weighted by atomic mass is 79.9. The first-order chi connectivity index (χ1) is 19.1. The molecule has 2 aromatic rings. The summed E-state index contributed by atoms with van der Waals surface area (Å²) in [6.45, 7) is 10.9. The number of carbonyl (C=O) groups is 1. The number of alkyl halides is 4. The van der Waals surface area contributed by atoms with Gasteiger partial charge in [-0.2, -0.15) is 23.1 Å². The largest absolute Gasteiger partial charge is 0.461 e. The quantitative estimate of drug-likeness (QED) is 0.397. The summed E-state index contributed by atoms with van der Waals surface area (Å²) in [5.41, 5.74) is -2.06. The number of carbonyl (C=O) groups excluding carboxylic acids is 1. The predicted molar refractivity (Wildman–Crippen MR) is 148 cm³/mol. The minimum atomic E-state index is -4.70. The van der Waals surface area contributed by atoms with Crippen LogP contribution in [0.4, 0.5) is 28.2 Å². The van der Waals surface area contributed by atoms with Gasteiger partial charge in [-0.15, -0.1) is 0 Å². The van der Waals surface area contributed by atoms with E-state index in [1.165, 1.54) is 6.07 Å². The molecule has 0 spiro atoms. The summed E-state index contributed by atoms with van der Waals surface area (Å²) in [7, 11) is 0. The Morgan fingerprint density at radius 1 is 1.12 bits per heavy atom. The fourth-order valence-corrected chi connectivity index (χ4v) is 6.64. The van der Waals surface area contributed by atoms with Crippen molar-refractivity contribution in [2.45, 2.75) is 89.5 Å². The average Bonchev–Trinajstić information content (AvgIpc) is 3.36. The number of anilines is 1. The molecule has 41 heavy (non-hydrogen) atoms. The van der Waals surface area contributed by atoms with Gasteiger partial charge in [-0.3, -0.25) is 4.90 Å². The number of halogens is 5. The van der Waals surface area contributed by atoms with Crippen LogP contribution in [0.1, 0.15) is 59.6 Å². The first-order valence-electron chi connectivity index (χ1n) is 13.8. The van der Waals surface area contributed by atoms with Gasteiger partial charge >= 0.3 is 18.3 Å². The first kappa shape index (κ1) is 30.0. The van der Waals surface area contributed by atoms with E-state index in [1.54, 1.807) is 25.7 Å². The van der Waals surface area contributed by atoms with Crippen LogP contribution in [-0.2, 0) is 10.9 Å². The van der Waals surface area contributed by atoms with Crippen molar-refractivity contribution in [2.24, 2.45) is 0 Å². The molecule has 226 valence electrons. The highest BCUT2D eigenvalue weighted by Gasteiger charge is 2.49. The molecule has 0 radical (unpaired) electrons. The van der Waals surface area contributed by atoms with Crippen LogP contribution in [0.3, 0.4) is 0 Å². The molecule has 0 bridgehead atoms. The average molecular weight is 648 g/mol. The molecular formula is C27H35BrF4N6O3. The van der Waals surface area contributed by atoms with Crippen molar-refractivity contribution in [1.82, 2.24) is 24.8 Å². The molecule has 0 unspecified atom stereocenters. The summed E-state index contributed by atoms with van der Waals surface area (Å²) >= 11 is 3.00. The molecule has 0 aromatic carbocycles. The molecule has 0 aliphatic carbocycles. The van der Waals surface area contributed by atoms with Crippen molar-refractivity contribution < 1.29 is 31.8 Å². The third-order valence-electron chi connectivity index (χ3n) is 7.97. The highest BCUT2D eigenvalue weighted by Crippen LogP contribution is 2.41. The van der Waals surface area contributed by atoms with E-state index in [0.717, 1.165) is 19.4 Å². The number of hydrogen-bond acceptors (Lipinski definition) is 8. The summed E-state index contributed by atoms with van der Waals surface area (Å²) < 4.78 is 67.2. The van der Waals surface area contributed by atoms with E-state index in [-0.39, 0.29) is 59.1 Å². The molecule has 9 nitrogen and oxygen atoms in total. The van der Waals surface area contributed by atoms with E-state index in [9.17, 15) is 22.4 Å². The van der Waals surface area contributed by atoms with E-state index < -0.39 is 35.3 Å². The lowest BCUT2D eigenvalue weighted by Gasteiger charge is -2.44. The van der Waals surface area contributed by atoms with E-state index in [0.29, 0.717) is 13.0 Å². The third-order valence-corrected chi connectivity index (χ3v) is 8.58. The van der Waals surface area contributed by atoms with Crippen LogP contribution >= 0.6 is 15.9 Å².